The highest BCUT2D eigenvalue weighted by Gasteiger charge is 2.51. The molecule has 2 aromatic heterocycles. The van der Waals surface area contributed by atoms with E-state index in [0.29, 0.717) is 22.1 Å². The lowest BCUT2D eigenvalue weighted by Crippen LogP contribution is -2.60. The second kappa shape index (κ2) is 10.3. The molecule has 1 N–H and O–H groups in total. The summed E-state index contributed by atoms with van der Waals surface area (Å²) in [6.45, 7) is 0. The number of amides is 1. The van der Waals surface area contributed by atoms with Gasteiger partial charge >= 0.3 is 0 Å². The van der Waals surface area contributed by atoms with E-state index >= 15 is 0 Å². The predicted molar refractivity (Wildman–Crippen MR) is 151 cm³/mol. The molecule has 4 aliphatic rings. The summed E-state index contributed by atoms with van der Waals surface area (Å²) in [5.74, 6) is 3.80. The molecule has 1 amide bonds. The van der Waals surface area contributed by atoms with Crippen LogP contribution >= 0.6 is 23.1 Å². The molecule has 0 radical (unpaired) electrons. The highest BCUT2D eigenvalue weighted by Crippen LogP contribution is 2.55. The molecule has 0 atom stereocenters. The lowest BCUT2D eigenvalue weighted by molar-refractivity contribution is -0.124. The van der Waals surface area contributed by atoms with Crippen LogP contribution in [-0.4, -0.2) is 36.4 Å². The van der Waals surface area contributed by atoms with Crippen molar-refractivity contribution in [2.24, 2.45) is 17.8 Å². The van der Waals surface area contributed by atoms with Gasteiger partial charge in [-0.3, -0.25) is 4.79 Å². The third-order valence-corrected chi connectivity index (χ3v) is 10.2. The van der Waals surface area contributed by atoms with Crippen molar-refractivity contribution < 1.29 is 14.3 Å². The molecule has 0 unspecified atom stereocenters. The summed E-state index contributed by atoms with van der Waals surface area (Å²) in [5, 5.41) is 16.3. The van der Waals surface area contributed by atoms with Gasteiger partial charge in [0.1, 0.15) is 11.1 Å². The largest absolute Gasteiger partial charge is 0.493 e. The maximum atomic E-state index is 13.3. The second-order valence-corrected chi connectivity index (χ2v) is 12.8. The van der Waals surface area contributed by atoms with E-state index in [1.165, 1.54) is 31.0 Å². The standard InChI is InChI=1S/C30H31N3O3S2/c1-35-25-6-5-21(11-26(25)36-2)22-12-24(27-4-3-7-37-27)32-29(23(22)16-31)38-17-28(34)33-30-13-18-8-19(14-30)10-20(9-18)15-30/h3-7,11-12,18-20H,8-10,13-15,17H2,1-2H3,(H,33,34). The van der Waals surface area contributed by atoms with Crippen molar-refractivity contribution in [2.45, 2.75) is 49.1 Å². The summed E-state index contributed by atoms with van der Waals surface area (Å²) in [6, 6.07) is 14.0. The highest BCUT2D eigenvalue weighted by molar-refractivity contribution is 8.00. The quantitative estimate of drug-likeness (QED) is 0.324. The van der Waals surface area contributed by atoms with Gasteiger partial charge < -0.3 is 14.8 Å². The van der Waals surface area contributed by atoms with E-state index in [2.05, 4.69) is 11.4 Å². The third-order valence-electron chi connectivity index (χ3n) is 8.35. The van der Waals surface area contributed by atoms with Gasteiger partial charge in [0.25, 0.3) is 0 Å². The summed E-state index contributed by atoms with van der Waals surface area (Å²) in [5.41, 5.74) is 2.81. The van der Waals surface area contributed by atoms with Crippen molar-refractivity contribution in [3.8, 4) is 39.3 Å². The van der Waals surface area contributed by atoms with Crippen LogP contribution in [0, 0.1) is 29.1 Å². The Hall–Kier alpha value is -3.02. The molecule has 1 aromatic carbocycles. The first-order chi connectivity index (χ1) is 18.5. The van der Waals surface area contributed by atoms with Crippen LogP contribution in [-0.2, 0) is 4.79 Å². The number of hydrogen-bond acceptors (Lipinski definition) is 7. The number of aromatic nitrogens is 1. The van der Waals surface area contributed by atoms with Gasteiger partial charge in [0.05, 0.1) is 36.1 Å². The molecule has 0 aliphatic heterocycles. The van der Waals surface area contributed by atoms with Crippen molar-refractivity contribution in [3.05, 3.63) is 47.3 Å². The normalized spacial score (nSPS) is 25.1. The fraction of sp³-hybridized carbons (Fsp3) is 0.433. The number of pyridine rings is 1. The van der Waals surface area contributed by atoms with Gasteiger partial charge in [-0.25, -0.2) is 4.98 Å². The van der Waals surface area contributed by atoms with Crippen molar-refractivity contribution in [1.82, 2.24) is 10.3 Å². The number of carbonyl (C=O) groups is 1. The number of hydrogen-bond donors (Lipinski definition) is 1. The van der Waals surface area contributed by atoms with Crippen LogP contribution < -0.4 is 14.8 Å². The number of ether oxygens (including phenoxy) is 2. The van der Waals surface area contributed by atoms with E-state index in [1.807, 2.05) is 41.8 Å². The molecular formula is C30H31N3O3S2. The van der Waals surface area contributed by atoms with Gasteiger partial charge in [-0.1, -0.05) is 23.9 Å². The molecule has 7 rings (SSSR count). The monoisotopic (exact) mass is 545 g/mol. The Balaban J connectivity index is 1.29. The number of methoxy groups -OCH3 is 2. The van der Waals surface area contributed by atoms with E-state index in [0.717, 1.165) is 58.7 Å². The molecule has 196 valence electrons. The van der Waals surface area contributed by atoms with Crippen LogP contribution in [0.3, 0.4) is 0 Å². The minimum absolute atomic E-state index is 0.0263. The van der Waals surface area contributed by atoms with Crippen molar-refractivity contribution in [1.29, 1.82) is 5.26 Å². The number of nitrogens with one attached hydrogen (secondary N) is 1. The van der Waals surface area contributed by atoms with Crippen LogP contribution in [0.5, 0.6) is 11.5 Å². The molecule has 38 heavy (non-hydrogen) atoms. The number of carbonyl (C=O) groups excluding carboxylic acids is 1. The Morgan fingerprint density at radius 2 is 1.82 bits per heavy atom. The molecule has 6 nitrogen and oxygen atoms in total. The number of benzene rings is 1. The molecule has 0 spiro atoms. The molecule has 8 heteroatoms. The average Bonchev–Trinajstić information content (AvgIpc) is 3.45. The molecule has 4 fully saturated rings. The molecular weight excluding hydrogens is 514 g/mol. The molecule has 0 saturated heterocycles. The fourth-order valence-corrected chi connectivity index (χ4v) is 8.73. The molecule has 4 aliphatic carbocycles. The smallest absolute Gasteiger partial charge is 0.230 e. The van der Waals surface area contributed by atoms with Crippen LogP contribution in [0.2, 0.25) is 0 Å². The lowest BCUT2D eigenvalue weighted by Gasteiger charge is -2.56. The van der Waals surface area contributed by atoms with Gasteiger partial charge in [-0.05, 0) is 91.5 Å². The maximum Gasteiger partial charge on any atom is 0.230 e. The first kappa shape index (κ1) is 25.3. The minimum atomic E-state index is -0.0263. The van der Waals surface area contributed by atoms with Crippen molar-refractivity contribution in [2.75, 3.05) is 20.0 Å². The van der Waals surface area contributed by atoms with Gasteiger partial charge in [0.2, 0.25) is 5.91 Å². The molecule has 3 aromatic rings. The minimum Gasteiger partial charge on any atom is -0.493 e. The first-order valence-corrected chi connectivity index (χ1v) is 15.0. The zero-order valence-corrected chi connectivity index (χ0v) is 23.3. The number of thioether (sulfide) groups is 1. The van der Waals surface area contributed by atoms with Gasteiger partial charge in [-0.15, -0.1) is 11.3 Å². The average molecular weight is 546 g/mol. The second-order valence-electron chi connectivity index (χ2n) is 10.9. The fourth-order valence-electron chi connectivity index (χ4n) is 7.25. The van der Waals surface area contributed by atoms with Gasteiger partial charge in [0.15, 0.2) is 11.5 Å². The van der Waals surface area contributed by atoms with E-state index in [9.17, 15) is 10.1 Å². The molecule has 4 bridgehead atoms. The Morgan fingerprint density at radius 3 is 2.42 bits per heavy atom. The van der Waals surface area contributed by atoms with Crippen molar-refractivity contribution >= 4 is 29.0 Å². The summed E-state index contributed by atoms with van der Waals surface area (Å²) >= 11 is 2.95. The number of rotatable bonds is 8. The number of thiophene rings is 1. The zero-order chi connectivity index (χ0) is 26.3. The van der Waals surface area contributed by atoms with E-state index < -0.39 is 0 Å². The first-order valence-electron chi connectivity index (χ1n) is 13.1. The summed E-state index contributed by atoms with van der Waals surface area (Å²) < 4.78 is 10.9. The Bertz CT molecular complexity index is 1360. The summed E-state index contributed by atoms with van der Waals surface area (Å²) in [6.07, 6.45) is 7.38. The Morgan fingerprint density at radius 1 is 1.11 bits per heavy atom. The predicted octanol–water partition coefficient (Wildman–Crippen LogP) is 6.54. The van der Waals surface area contributed by atoms with Crippen molar-refractivity contribution in [3.63, 3.8) is 0 Å². The van der Waals surface area contributed by atoms with Crippen LogP contribution in [0.25, 0.3) is 21.7 Å². The lowest BCUT2D eigenvalue weighted by atomic mass is 9.53. The molecule has 2 heterocycles. The zero-order valence-electron chi connectivity index (χ0n) is 21.7. The number of nitrogens with zero attached hydrogens (tertiary/aromatic N) is 2. The summed E-state index contributed by atoms with van der Waals surface area (Å²) in [7, 11) is 3.20. The van der Waals surface area contributed by atoms with E-state index in [-0.39, 0.29) is 17.2 Å². The third kappa shape index (κ3) is 4.78. The summed E-state index contributed by atoms with van der Waals surface area (Å²) in [4.78, 5) is 19.1. The van der Waals surface area contributed by atoms with Crippen LogP contribution in [0.4, 0.5) is 0 Å². The van der Waals surface area contributed by atoms with Crippen LogP contribution in [0.1, 0.15) is 44.1 Å². The highest BCUT2D eigenvalue weighted by atomic mass is 32.2. The van der Waals surface area contributed by atoms with Gasteiger partial charge in [0, 0.05) is 11.1 Å². The maximum absolute atomic E-state index is 13.3. The molecule has 4 saturated carbocycles. The van der Waals surface area contributed by atoms with Gasteiger partial charge in [-0.2, -0.15) is 5.26 Å². The van der Waals surface area contributed by atoms with E-state index in [4.69, 9.17) is 14.5 Å². The Labute approximate surface area is 231 Å². The topological polar surface area (TPSA) is 84.2 Å². The number of nitriles is 1. The van der Waals surface area contributed by atoms with E-state index in [1.54, 1.807) is 25.6 Å². The van der Waals surface area contributed by atoms with Crippen LogP contribution in [0.15, 0.2) is 46.8 Å². The Kier molecular flexibility index (Phi) is 6.83. The SMILES string of the molecule is COc1ccc(-c2cc(-c3cccs3)nc(SCC(=O)NC34CC5CC(CC(C5)C3)C4)c2C#N)cc1OC.